The fraction of sp³-hybridized carbons (Fsp3) is 0.600. The number of esters is 2. The summed E-state index contributed by atoms with van der Waals surface area (Å²) in [6, 6.07) is 0. The quantitative estimate of drug-likeness (QED) is 0.532. The van der Waals surface area contributed by atoms with Gasteiger partial charge in [0.05, 0.1) is 24.9 Å². The van der Waals surface area contributed by atoms with Crippen LogP contribution in [0.2, 0.25) is 0 Å². The molecule has 0 aliphatic carbocycles. The summed E-state index contributed by atoms with van der Waals surface area (Å²) in [5, 5.41) is 9.25. The minimum Gasteiger partial charge on any atom is -0.463 e. The molecule has 0 fully saturated rings. The molecule has 0 radical (unpaired) electrons. The van der Waals surface area contributed by atoms with Gasteiger partial charge in [-0.3, -0.25) is 0 Å². The molecule has 86 valence electrons. The van der Waals surface area contributed by atoms with Crippen LogP contribution < -0.4 is 0 Å². The molecule has 0 amide bonds. The molecule has 1 atom stereocenters. The Balaban J connectivity index is 4.65. The first-order valence-electron chi connectivity index (χ1n) is 4.76. The summed E-state index contributed by atoms with van der Waals surface area (Å²) >= 11 is 0. The maximum Gasteiger partial charge on any atom is 0.336 e. The Kier molecular flexibility index (Phi) is 6.37. The van der Waals surface area contributed by atoms with Crippen LogP contribution in [0.15, 0.2) is 11.6 Å². The third-order valence-electron chi connectivity index (χ3n) is 1.52. The summed E-state index contributed by atoms with van der Waals surface area (Å²) in [6.45, 7) is 5.07. The molecule has 0 aromatic carbocycles. The van der Waals surface area contributed by atoms with Gasteiger partial charge in [0.2, 0.25) is 0 Å². The van der Waals surface area contributed by atoms with Crippen LogP contribution in [-0.2, 0) is 19.1 Å². The maximum atomic E-state index is 11.3. The minimum atomic E-state index is -1.06. The molecule has 0 saturated heterocycles. The van der Waals surface area contributed by atoms with Crippen molar-refractivity contribution in [2.45, 2.75) is 26.9 Å². The molecule has 0 aliphatic rings. The highest BCUT2D eigenvalue weighted by molar-refractivity contribution is 5.97. The van der Waals surface area contributed by atoms with E-state index in [1.54, 1.807) is 13.8 Å². The first-order valence-corrected chi connectivity index (χ1v) is 4.76. The zero-order valence-corrected chi connectivity index (χ0v) is 9.15. The molecule has 1 N–H and O–H groups in total. The molecule has 5 nitrogen and oxygen atoms in total. The van der Waals surface area contributed by atoms with Gasteiger partial charge in [-0.25, -0.2) is 9.59 Å². The summed E-state index contributed by atoms with van der Waals surface area (Å²) in [4.78, 5) is 22.3. The first kappa shape index (κ1) is 13.6. The number of hydrogen-bond acceptors (Lipinski definition) is 5. The average molecular weight is 216 g/mol. The third kappa shape index (κ3) is 5.17. The van der Waals surface area contributed by atoms with Crippen molar-refractivity contribution < 1.29 is 24.2 Å². The van der Waals surface area contributed by atoms with Crippen LogP contribution >= 0.6 is 0 Å². The monoisotopic (exact) mass is 216 g/mol. The highest BCUT2D eigenvalue weighted by Gasteiger charge is 2.17. The van der Waals surface area contributed by atoms with E-state index in [-0.39, 0.29) is 18.8 Å². The highest BCUT2D eigenvalue weighted by Crippen LogP contribution is 2.05. The van der Waals surface area contributed by atoms with Crippen LogP contribution in [0, 0.1) is 0 Å². The van der Waals surface area contributed by atoms with Gasteiger partial charge in [0, 0.05) is 6.08 Å². The van der Waals surface area contributed by atoms with Gasteiger partial charge in [0.25, 0.3) is 0 Å². The second-order valence-corrected chi connectivity index (χ2v) is 2.75. The van der Waals surface area contributed by atoms with Crippen molar-refractivity contribution in [1.29, 1.82) is 0 Å². The number of ether oxygens (including phenoxy) is 2. The molecule has 0 aromatic heterocycles. The lowest BCUT2D eigenvalue weighted by Gasteiger charge is -2.08. The second-order valence-electron chi connectivity index (χ2n) is 2.75. The van der Waals surface area contributed by atoms with E-state index in [0.717, 1.165) is 6.08 Å². The van der Waals surface area contributed by atoms with Crippen molar-refractivity contribution in [3.63, 3.8) is 0 Å². The summed E-state index contributed by atoms with van der Waals surface area (Å²) in [5.74, 6) is -1.37. The van der Waals surface area contributed by atoms with E-state index in [0.29, 0.717) is 0 Å². The predicted octanol–water partition coefficient (Wildman–Crippen LogP) is 0.420. The van der Waals surface area contributed by atoms with Gasteiger partial charge in [0.1, 0.15) is 0 Å². The largest absolute Gasteiger partial charge is 0.463 e. The lowest BCUT2D eigenvalue weighted by molar-refractivity contribution is -0.141. The highest BCUT2D eigenvalue weighted by atomic mass is 16.5. The van der Waals surface area contributed by atoms with Crippen LogP contribution in [0.5, 0.6) is 0 Å². The Labute approximate surface area is 88.7 Å². The van der Waals surface area contributed by atoms with Crippen LogP contribution in [0.3, 0.4) is 0 Å². The van der Waals surface area contributed by atoms with Crippen LogP contribution in [0.1, 0.15) is 20.8 Å². The van der Waals surface area contributed by atoms with E-state index in [1.807, 2.05) is 0 Å². The molecule has 15 heavy (non-hydrogen) atoms. The fourth-order valence-electron chi connectivity index (χ4n) is 0.875. The normalized spacial score (nSPS) is 13.2. The van der Waals surface area contributed by atoms with E-state index in [4.69, 9.17) is 0 Å². The van der Waals surface area contributed by atoms with Crippen molar-refractivity contribution in [3.05, 3.63) is 11.6 Å². The molecule has 0 spiro atoms. The molecule has 5 heteroatoms. The molecular formula is C10H16O5. The number of rotatable bonds is 5. The Morgan fingerprint density at radius 1 is 1.27 bits per heavy atom. The van der Waals surface area contributed by atoms with Crippen LogP contribution in [0.25, 0.3) is 0 Å². The zero-order valence-electron chi connectivity index (χ0n) is 9.15. The predicted molar refractivity (Wildman–Crippen MR) is 53.0 cm³/mol. The smallest absolute Gasteiger partial charge is 0.336 e. The van der Waals surface area contributed by atoms with Gasteiger partial charge in [-0.05, 0) is 20.8 Å². The van der Waals surface area contributed by atoms with Crippen LogP contribution in [-0.4, -0.2) is 36.4 Å². The lowest BCUT2D eigenvalue weighted by atomic mass is 10.1. The number of aliphatic hydroxyl groups excluding tert-OH is 1. The van der Waals surface area contributed by atoms with Crippen molar-refractivity contribution in [3.8, 4) is 0 Å². The van der Waals surface area contributed by atoms with Crippen LogP contribution in [0.4, 0.5) is 0 Å². The Morgan fingerprint density at radius 3 is 2.20 bits per heavy atom. The topological polar surface area (TPSA) is 72.8 Å². The molecule has 1 unspecified atom stereocenters. The van der Waals surface area contributed by atoms with Gasteiger partial charge in [-0.15, -0.1) is 0 Å². The summed E-state index contributed by atoms with van der Waals surface area (Å²) in [6.07, 6.45) is -0.111. The van der Waals surface area contributed by atoms with E-state index < -0.39 is 18.0 Å². The maximum absolute atomic E-state index is 11.3. The van der Waals surface area contributed by atoms with Gasteiger partial charge in [-0.2, -0.15) is 0 Å². The SMILES string of the molecule is CCOC(=O)/C=C(\C(=O)OCC)C(C)O. The standard InChI is InChI=1S/C10H16O5/c1-4-14-9(12)6-8(7(3)11)10(13)15-5-2/h6-7,11H,4-5H2,1-3H3/b8-6-. The number of hydrogen-bond donors (Lipinski definition) is 1. The minimum absolute atomic E-state index is 0.102. The third-order valence-corrected chi connectivity index (χ3v) is 1.52. The molecule has 0 rings (SSSR count). The van der Waals surface area contributed by atoms with Crippen molar-refractivity contribution in [1.82, 2.24) is 0 Å². The van der Waals surface area contributed by atoms with Crippen molar-refractivity contribution >= 4 is 11.9 Å². The van der Waals surface area contributed by atoms with E-state index in [1.165, 1.54) is 6.92 Å². The number of aliphatic hydroxyl groups is 1. The van der Waals surface area contributed by atoms with Crippen molar-refractivity contribution in [2.24, 2.45) is 0 Å². The number of carbonyl (C=O) groups excluding carboxylic acids is 2. The Bertz CT molecular complexity index is 255. The molecule has 0 aliphatic heterocycles. The Hall–Kier alpha value is -1.36. The molecule has 0 bridgehead atoms. The van der Waals surface area contributed by atoms with Gasteiger partial charge in [-0.1, -0.05) is 0 Å². The van der Waals surface area contributed by atoms with Gasteiger partial charge >= 0.3 is 11.9 Å². The molecule has 0 saturated carbocycles. The Morgan fingerprint density at radius 2 is 1.80 bits per heavy atom. The summed E-state index contributed by atoms with van der Waals surface area (Å²) < 4.78 is 9.29. The fourth-order valence-corrected chi connectivity index (χ4v) is 0.875. The van der Waals surface area contributed by atoms with Crippen molar-refractivity contribution in [2.75, 3.05) is 13.2 Å². The lowest BCUT2D eigenvalue weighted by Crippen LogP contribution is -2.19. The molecule has 0 aromatic rings. The van der Waals surface area contributed by atoms with E-state index in [9.17, 15) is 14.7 Å². The average Bonchev–Trinajstić information content (AvgIpc) is 2.14. The second kappa shape index (κ2) is 7.00. The zero-order chi connectivity index (χ0) is 11.8. The molecular weight excluding hydrogens is 200 g/mol. The van der Waals surface area contributed by atoms with E-state index >= 15 is 0 Å². The van der Waals surface area contributed by atoms with Gasteiger partial charge < -0.3 is 14.6 Å². The molecule has 0 heterocycles. The summed E-state index contributed by atoms with van der Waals surface area (Å²) in [5.41, 5.74) is -0.102. The van der Waals surface area contributed by atoms with Gasteiger partial charge in [0.15, 0.2) is 0 Å². The summed E-state index contributed by atoms with van der Waals surface area (Å²) in [7, 11) is 0. The first-order chi connectivity index (χ1) is 7.02. The van der Waals surface area contributed by atoms with E-state index in [2.05, 4.69) is 9.47 Å². The number of carbonyl (C=O) groups is 2.